The summed E-state index contributed by atoms with van der Waals surface area (Å²) in [5.74, 6) is 2.91. The van der Waals surface area contributed by atoms with Crippen molar-refractivity contribution in [2.75, 3.05) is 38.2 Å². The van der Waals surface area contributed by atoms with E-state index in [0.717, 1.165) is 28.6 Å². The van der Waals surface area contributed by atoms with Crippen LogP contribution in [0.15, 0.2) is 41.8 Å². The maximum Gasteiger partial charge on any atom is 0.243 e. The zero-order chi connectivity index (χ0) is 22.2. The van der Waals surface area contributed by atoms with E-state index in [2.05, 4.69) is 19.9 Å². The van der Waals surface area contributed by atoms with Gasteiger partial charge in [0.1, 0.15) is 29.5 Å². The van der Waals surface area contributed by atoms with E-state index in [1.807, 2.05) is 43.7 Å². The Morgan fingerprint density at radius 3 is 2.26 bits per heavy atom. The number of benzene rings is 1. The molecule has 1 aromatic carbocycles. The number of ether oxygens (including phenoxy) is 1. The van der Waals surface area contributed by atoms with Crippen LogP contribution in [-0.4, -0.2) is 65.5 Å². The van der Waals surface area contributed by atoms with Crippen molar-refractivity contribution < 1.29 is 13.2 Å². The van der Waals surface area contributed by atoms with Gasteiger partial charge < -0.3 is 9.64 Å². The molecular formula is C21H26N6O3S. The summed E-state index contributed by atoms with van der Waals surface area (Å²) < 4.78 is 35.3. The van der Waals surface area contributed by atoms with E-state index in [1.165, 1.54) is 10.6 Å². The van der Waals surface area contributed by atoms with E-state index in [0.29, 0.717) is 36.8 Å². The lowest BCUT2D eigenvalue weighted by molar-refractivity contribution is 0.382. The molecule has 4 rings (SSSR count). The van der Waals surface area contributed by atoms with E-state index in [-0.39, 0.29) is 0 Å². The molecule has 31 heavy (non-hydrogen) atoms. The third-order valence-electron chi connectivity index (χ3n) is 5.58. The van der Waals surface area contributed by atoms with Crippen LogP contribution in [0.2, 0.25) is 0 Å². The van der Waals surface area contributed by atoms with Gasteiger partial charge in [0.15, 0.2) is 0 Å². The fraction of sp³-hybridized carbons (Fsp3) is 0.381. The fourth-order valence-electron chi connectivity index (χ4n) is 3.87. The van der Waals surface area contributed by atoms with Crippen molar-refractivity contribution in [2.24, 2.45) is 0 Å². The average molecular weight is 443 g/mol. The standard InChI is InChI=1S/C21H26N6O3S/c1-15-11-16(2)19(12-18(15)30-4)31(28,29)26-9-7-25(8-10-26)20-13-21(24-14-23-20)27-6-5-22-17(27)3/h5-6,11-14H,7-10H2,1-4H3. The number of aryl methyl sites for hydroxylation is 3. The third kappa shape index (κ3) is 4.00. The fourth-order valence-corrected chi connectivity index (χ4v) is 5.51. The number of hydrogen-bond acceptors (Lipinski definition) is 7. The topological polar surface area (TPSA) is 93.5 Å². The maximum absolute atomic E-state index is 13.3. The van der Waals surface area contributed by atoms with Gasteiger partial charge in [-0.1, -0.05) is 6.07 Å². The maximum atomic E-state index is 13.3. The first-order valence-electron chi connectivity index (χ1n) is 10.0. The molecule has 1 fully saturated rings. The monoisotopic (exact) mass is 442 g/mol. The molecule has 0 spiro atoms. The minimum atomic E-state index is -3.62. The Morgan fingerprint density at radius 2 is 1.61 bits per heavy atom. The first-order valence-corrected chi connectivity index (χ1v) is 11.5. The van der Waals surface area contributed by atoms with Crippen LogP contribution in [-0.2, 0) is 10.0 Å². The van der Waals surface area contributed by atoms with E-state index >= 15 is 0 Å². The first-order chi connectivity index (χ1) is 14.8. The Hall–Kier alpha value is -2.98. The summed E-state index contributed by atoms with van der Waals surface area (Å²) in [7, 11) is -2.07. The highest BCUT2D eigenvalue weighted by molar-refractivity contribution is 7.89. The molecule has 1 saturated heterocycles. The highest BCUT2D eigenvalue weighted by Crippen LogP contribution is 2.29. The van der Waals surface area contributed by atoms with Gasteiger partial charge in [-0.25, -0.2) is 23.4 Å². The van der Waals surface area contributed by atoms with Crippen LogP contribution in [0.25, 0.3) is 5.82 Å². The zero-order valence-corrected chi connectivity index (χ0v) is 18.9. The van der Waals surface area contributed by atoms with Gasteiger partial charge in [-0.3, -0.25) is 4.57 Å². The van der Waals surface area contributed by atoms with Crippen molar-refractivity contribution >= 4 is 15.8 Å². The molecule has 2 aromatic heterocycles. The van der Waals surface area contributed by atoms with E-state index < -0.39 is 10.0 Å². The Balaban J connectivity index is 1.52. The van der Waals surface area contributed by atoms with Crippen molar-refractivity contribution in [2.45, 2.75) is 25.7 Å². The van der Waals surface area contributed by atoms with Crippen LogP contribution in [0, 0.1) is 20.8 Å². The Bertz CT molecular complexity index is 1200. The van der Waals surface area contributed by atoms with Crippen molar-refractivity contribution in [3.8, 4) is 11.6 Å². The average Bonchev–Trinajstić information content (AvgIpc) is 3.20. The molecule has 1 aliphatic rings. The van der Waals surface area contributed by atoms with E-state index in [9.17, 15) is 8.42 Å². The number of anilines is 1. The Morgan fingerprint density at radius 1 is 0.903 bits per heavy atom. The summed E-state index contributed by atoms with van der Waals surface area (Å²) in [4.78, 5) is 15.3. The van der Waals surface area contributed by atoms with Gasteiger partial charge in [-0.05, 0) is 31.9 Å². The van der Waals surface area contributed by atoms with Crippen LogP contribution in [0.4, 0.5) is 5.82 Å². The second kappa shape index (κ2) is 8.27. The lowest BCUT2D eigenvalue weighted by atomic mass is 10.1. The normalized spacial score (nSPS) is 15.3. The van der Waals surface area contributed by atoms with E-state index in [4.69, 9.17) is 4.74 Å². The van der Waals surface area contributed by atoms with Crippen molar-refractivity contribution in [3.05, 3.63) is 53.9 Å². The molecule has 0 amide bonds. The molecule has 0 bridgehead atoms. The van der Waals surface area contributed by atoms with Crippen molar-refractivity contribution in [3.63, 3.8) is 0 Å². The number of imidazole rings is 1. The van der Waals surface area contributed by atoms with E-state index in [1.54, 1.807) is 19.4 Å². The van der Waals surface area contributed by atoms with Crippen LogP contribution in [0.5, 0.6) is 5.75 Å². The molecule has 0 saturated carbocycles. The smallest absolute Gasteiger partial charge is 0.243 e. The molecule has 0 atom stereocenters. The summed E-state index contributed by atoms with van der Waals surface area (Å²) in [5.41, 5.74) is 1.63. The Kier molecular flexibility index (Phi) is 5.67. The SMILES string of the molecule is COc1cc(S(=O)(=O)N2CCN(c3cc(-n4ccnc4C)ncn3)CC2)c(C)cc1C. The molecule has 3 aromatic rings. The van der Waals surface area contributed by atoms with Gasteiger partial charge in [0.2, 0.25) is 10.0 Å². The summed E-state index contributed by atoms with van der Waals surface area (Å²) in [6.07, 6.45) is 5.10. The van der Waals surface area contributed by atoms with Crippen LogP contribution >= 0.6 is 0 Å². The molecule has 0 aliphatic carbocycles. The molecule has 164 valence electrons. The molecule has 0 radical (unpaired) electrons. The summed E-state index contributed by atoms with van der Waals surface area (Å²) in [6, 6.07) is 5.37. The predicted molar refractivity (Wildman–Crippen MR) is 117 cm³/mol. The highest BCUT2D eigenvalue weighted by atomic mass is 32.2. The number of nitrogens with zero attached hydrogens (tertiary/aromatic N) is 6. The number of piperazine rings is 1. The number of sulfonamides is 1. The molecule has 0 unspecified atom stereocenters. The van der Waals surface area contributed by atoms with Crippen LogP contribution < -0.4 is 9.64 Å². The summed E-state index contributed by atoms with van der Waals surface area (Å²) in [6.45, 7) is 7.47. The second-order valence-electron chi connectivity index (χ2n) is 7.56. The minimum Gasteiger partial charge on any atom is -0.496 e. The van der Waals surface area contributed by atoms with Gasteiger partial charge in [0.25, 0.3) is 0 Å². The number of aromatic nitrogens is 4. The molecular weight excluding hydrogens is 416 g/mol. The molecule has 10 heteroatoms. The minimum absolute atomic E-state index is 0.295. The number of hydrogen-bond donors (Lipinski definition) is 0. The Labute approximate surface area is 182 Å². The predicted octanol–water partition coefficient (Wildman–Crippen LogP) is 2.11. The highest BCUT2D eigenvalue weighted by Gasteiger charge is 2.31. The largest absolute Gasteiger partial charge is 0.496 e. The van der Waals surface area contributed by atoms with Gasteiger partial charge >= 0.3 is 0 Å². The second-order valence-corrected chi connectivity index (χ2v) is 9.46. The quantitative estimate of drug-likeness (QED) is 0.597. The lowest BCUT2D eigenvalue weighted by Gasteiger charge is -2.35. The van der Waals surface area contributed by atoms with Crippen molar-refractivity contribution in [1.29, 1.82) is 0 Å². The van der Waals surface area contributed by atoms with Gasteiger partial charge in [0, 0.05) is 50.7 Å². The van der Waals surface area contributed by atoms with Gasteiger partial charge in [0.05, 0.1) is 12.0 Å². The molecule has 0 N–H and O–H groups in total. The lowest BCUT2D eigenvalue weighted by Crippen LogP contribution is -2.49. The first kappa shape index (κ1) is 21.3. The zero-order valence-electron chi connectivity index (χ0n) is 18.1. The number of rotatable bonds is 5. The molecule has 3 heterocycles. The molecule has 1 aliphatic heterocycles. The van der Waals surface area contributed by atoms with Gasteiger partial charge in [-0.2, -0.15) is 4.31 Å². The summed E-state index contributed by atoms with van der Waals surface area (Å²) in [5, 5.41) is 0. The van der Waals surface area contributed by atoms with Crippen molar-refractivity contribution in [1.82, 2.24) is 23.8 Å². The van der Waals surface area contributed by atoms with Crippen LogP contribution in [0.3, 0.4) is 0 Å². The third-order valence-corrected chi connectivity index (χ3v) is 7.62. The van der Waals surface area contributed by atoms with Crippen LogP contribution in [0.1, 0.15) is 17.0 Å². The molecule has 9 nitrogen and oxygen atoms in total. The van der Waals surface area contributed by atoms with Gasteiger partial charge in [-0.15, -0.1) is 0 Å². The number of methoxy groups -OCH3 is 1. The summed E-state index contributed by atoms with van der Waals surface area (Å²) >= 11 is 0.